The Labute approximate surface area is 160 Å². The highest BCUT2D eigenvalue weighted by Crippen LogP contribution is 2.34. The average Bonchev–Trinajstić information content (AvgIpc) is 3.07. The number of pyridine rings is 1. The van der Waals surface area contributed by atoms with Crippen LogP contribution in [0.5, 0.6) is 0 Å². The lowest BCUT2D eigenvalue weighted by molar-refractivity contribution is -0.0714. The van der Waals surface area contributed by atoms with E-state index in [9.17, 15) is 5.11 Å². The molecule has 2 aliphatic rings. The second-order valence-electron chi connectivity index (χ2n) is 7.92. The lowest BCUT2D eigenvalue weighted by Crippen LogP contribution is -2.51. The molecule has 0 amide bonds. The number of nitrogens with two attached hydrogens (primary N) is 1. The molecule has 2 saturated heterocycles. The Morgan fingerprint density at radius 1 is 1.26 bits per heavy atom. The Morgan fingerprint density at radius 2 is 2.00 bits per heavy atom. The van der Waals surface area contributed by atoms with Crippen LogP contribution in [0.3, 0.4) is 0 Å². The van der Waals surface area contributed by atoms with Gasteiger partial charge in [-0.25, -0.2) is 4.98 Å². The molecule has 0 unspecified atom stereocenters. The maximum absolute atomic E-state index is 9.48. The van der Waals surface area contributed by atoms with Gasteiger partial charge in [0.2, 0.25) is 0 Å². The average molecular weight is 371 g/mol. The van der Waals surface area contributed by atoms with Crippen LogP contribution in [0.4, 0.5) is 5.82 Å². The van der Waals surface area contributed by atoms with E-state index in [1.807, 2.05) is 6.07 Å². The zero-order valence-corrected chi connectivity index (χ0v) is 16.1. The molecule has 27 heavy (non-hydrogen) atoms. The second kappa shape index (κ2) is 7.58. The molecule has 4 rings (SSSR count). The van der Waals surface area contributed by atoms with Crippen molar-refractivity contribution in [2.75, 3.05) is 32.0 Å². The molecule has 0 saturated carbocycles. The fraction of sp³-hybridized carbons (Fsp3) is 0.600. The van der Waals surface area contributed by atoms with Gasteiger partial charge in [-0.15, -0.1) is 0 Å². The van der Waals surface area contributed by atoms with E-state index in [4.69, 9.17) is 15.6 Å². The minimum absolute atomic E-state index is 0.117. The van der Waals surface area contributed by atoms with Crippen molar-refractivity contribution in [1.82, 2.24) is 19.7 Å². The molecule has 2 aromatic rings. The van der Waals surface area contributed by atoms with Crippen LogP contribution in [0.2, 0.25) is 0 Å². The van der Waals surface area contributed by atoms with E-state index in [-0.39, 0.29) is 6.61 Å². The minimum Gasteiger partial charge on any atom is -0.392 e. The van der Waals surface area contributed by atoms with E-state index in [2.05, 4.69) is 34.5 Å². The molecule has 7 heteroatoms. The highest BCUT2D eigenvalue weighted by Gasteiger charge is 2.31. The van der Waals surface area contributed by atoms with Crippen LogP contribution in [0, 0.1) is 0 Å². The normalized spacial score (nSPS) is 19.6. The molecule has 0 aromatic carbocycles. The molecule has 4 heterocycles. The summed E-state index contributed by atoms with van der Waals surface area (Å²) in [6.45, 7) is 8.23. The summed E-state index contributed by atoms with van der Waals surface area (Å²) in [5.74, 6) is 0.891. The van der Waals surface area contributed by atoms with E-state index < -0.39 is 0 Å². The van der Waals surface area contributed by atoms with Gasteiger partial charge in [0, 0.05) is 35.0 Å². The van der Waals surface area contributed by atoms with Crippen LogP contribution in [0.25, 0.3) is 11.3 Å². The number of piperidine rings is 1. The summed E-state index contributed by atoms with van der Waals surface area (Å²) >= 11 is 0. The van der Waals surface area contributed by atoms with Crippen LogP contribution in [0.1, 0.15) is 49.9 Å². The van der Waals surface area contributed by atoms with E-state index in [1.165, 1.54) is 5.69 Å². The second-order valence-corrected chi connectivity index (χ2v) is 7.92. The molecule has 0 bridgehead atoms. The first-order valence-electron chi connectivity index (χ1n) is 9.83. The molecule has 146 valence electrons. The summed E-state index contributed by atoms with van der Waals surface area (Å²) in [4.78, 5) is 6.78. The highest BCUT2D eigenvalue weighted by atomic mass is 16.5. The number of aliphatic hydroxyl groups excluding tert-OH is 1. The van der Waals surface area contributed by atoms with Gasteiger partial charge in [0.05, 0.1) is 31.6 Å². The largest absolute Gasteiger partial charge is 0.392 e. The minimum atomic E-state index is -0.117. The standard InChI is InChI=1S/C20H29N5O2/c1-13(2)25-19(14-3-5-24(6-4-14)17-11-27-12-17)8-18(23-25)15-7-16(10-26)20(21)22-9-15/h7-9,13-14,17,26H,3-6,10-12H2,1-2H3,(H2,21,22). The van der Waals surface area contributed by atoms with Crippen LogP contribution < -0.4 is 5.73 Å². The van der Waals surface area contributed by atoms with Gasteiger partial charge in [-0.1, -0.05) is 0 Å². The van der Waals surface area contributed by atoms with Gasteiger partial charge in [0.15, 0.2) is 0 Å². The summed E-state index contributed by atoms with van der Waals surface area (Å²) in [5, 5.41) is 14.3. The van der Waals surface area contributed by atoms with Crippen molar-refractivity contribution in [3.05, 3.63) is 29.6 Å². The van der Waals surface area contributed by atoms with Gasteiger partial charge >= 0.3 is 0 Å². The first-order valence-corrected chi connectivity index (χ1v) is 9.83. The SMILES string of the molecule is CC(C)n1nc(-c2cnc(N)c(CO)c2)cc1C1CCN(C2COC2)CC1. The number of aliphatic hydroxyl groups is 1. The third kappa shape index (κ3) is 3.59. The number of ether oxygens (including phenoxy) is 1. The molecule has 7 nitrogen and oxygen atoms in total. The number of anilines is 1. The van der Waals surface area contributed by atoms with E-state index in [1.54, 1.807) is 6.20 Å². The zero-order chi connectivity index (χ0) is 19.0. The number of nitrogens with zero attached hydrogens (tertiary/aromatic N) is 4. The zero-order valence-electron chi connectivity index (χ0n) is 16.1. The first kappa shape index (κ1) is 18.4. The van der Waals surface area contributed by atoms with Gasteiger partial charge < -0.3 is 15.6 Å². The van der Waals surface area contributed by atoms with Gasteiger partial charge in [0.25, 0.3) is 0 Å². The van der Waals surface area contributed by atoms with Crippen LogP contribution in [-0.4, -0.2) is 57.1 Å². The third-order valence-electron chi connectivity index (χ3n) is 5.81. The van der Waals surface area contributed by atoms with Crippen molar-refractivity contribution < 1.29 is 9.84 Å². The van der Waals surface area contributed by atoms with Crippen molar-refractivity contribution in [3.8, 4) is 11.3 Å². The van der Waals surface area contributed by atoms with Crippen molar-refractivity contribution >= 4 is 5.82 Å². The van der Waals surface area contributed by atoms with E-state index >= 15 is 0 Å². The predicted octanol–water partition coefficient (Wildman–Crippen LogP) is 2.18. The van der Waals surface area contributed by atoms with Crippen molar-refractivity contribution in [2.45, 2.75) is 51.3 Å². The van der Waals surface area contributed by atoms with Crippen molar-refractivity contribution in [1.29, 1.82) is 0 Å². The molecule has 2 aromatic heterocycles. The molecule has 3 N–H and O–H groups in total. The maximum atomic E-state index is 9.48. The molecular formula is C20H29N5O2. The summed E-state index contributed by atoms with van der Waals surface area (Å²) in [6.07, 6.45) is 4.04. The molecule has 0 aliphatic carbocycles. The Morgan fingerprint density at radius 3 is 2.59 bits per heavy atom. The van der Waals surface area contributed by atoms with Crippen LogP contribution >= 0.6 is 0 Å². The fourth-order valence-electron chi connectivity index (χ4n) is 4.05. The number of rotatable bonds is 5. The molecule has 2 fully saturated rings. The molecule has 0 spiro atoms. The highest BCUT2D eigenvalue weighted by molar-refractivity contribution is 5.62. The quantitative estimate of drug-likeness (QED) is 0.837. The lowest BCUT2D eigenvalue weighted by Gasteiger charge is -2.41. The lowest BCUT2D eigenvalue weighted by atomic mass is 9.91. The summed E-state index contributed by atoms with van der Waals surface area (Å²) < 4.78 is 7.49. The number of hydrogen-bond donors (Lipinski definition) is 2. The topological polar surface area (TPSA) is 89.4 Å². The molecule has 0 radical (unpaired) electrons. The number of likely N-dealkylation sites (tertiary alicyclic amines) is 1. The van der Waals surface area contributed by atoms with Crippen LogP contribution in [-0.2, 0) is 11.3 Å². The monoisotopic (exact) mass is 371 g/mol. The van der Waals surface area contributed by atoms with Crippen LogP contribution in [0.15, 0.2) is 18.3 Å². The Balaban J connectivity index is 1.58. The number of nitrogen functional groups attached to an aromatic ring is 1. The Kier molecular flexibility index (Phi) is 5.16. The summed E-state index contributed by atoms with van der Waals surface area (Å²) in [5.41, 5.74) is 9.56. The fourth-order valence-corrected chi connectivity index (χ4v) is 4.05. The third-order valence-corrected chi connectivity index (χ3v) is 5.81. The van der Waals surface area contributed by atoms with Gasteiger partial charge in [-0.2, -0.15) is 5.10 Å². The van der Waals surface area contributed by atoms with E-state index in [0.29, 0.717) is 29.4 Å². The van der Waals surface area contributed by atoms with Gasteiger partial charge in [-0.05, 0) is 51.9 Å². The number of hydrogen-bond acceptors (Lipinski definition) is 6. The Bertz CT molecular complexity index is 792. The van der Waals surface area contributed by atoms with Crippen molar-refractivity contribution in [3.63, 3.8) is 0 Å². The number of aromatic nitrogens is 3. The summed E-state index contributed by atoms with van der Waals surface area (Å²) in [7, 11) is 0. The summed E-state index contributed by atoms with van der Waals surface area (Å²) in [6, 6.07) is 5.00. The van der Waals surface area contributed by atoms with E-state index in [0.717, 1.165) is 50.4 Å². The van der Waals surface area contributed by atoms with Gasteiger partial charge in [-0.3, -0.25) is 9.58 Å². The predicted molar refractivity (Wildman–Crippen MR) is 104 cm³/mol. The smallest absolute Gasteiger partial charge is 0.128 e. The molecule has 0 atom stereocenters. The van der Waals surface area contributed by atoms with Gasteiger partial charge in [0.1, 0.15) is 5.82 Å². The first-order chi connectivity index (χ1) is 13.1. The van der Waals surface area contributed by atoms with Crippen molar-refractivity contribution in [2.24, 2.45) is 0 Å². The maximum Gasteiger partial charge on any atom is 0.128 e. The Hall–Kier alpha value is -1.96. The molecule has 2 aliphatic heterocycles. The molecular weight excluding hydrogens is 342 g/mol.